The van der Waals surface area contributed by atoms with Crippen LogP contribution in [0.15, 0.2) is 0 Å². The van der Waals surface area contributed by atoms with E-state index in [-0.39, 0.29) is 5.92 Å². The molecule has 0 radical (unpaired) electrons. The fraction of sp³-hybridized carbons (Fsp3) is 0.938. The van der Waals surface area contributed by atoms with Gasteiger partial charge in [-0.25, -0.2) is 0 Å². The molecule has 1 aliphatic carbocycles. The van der Waals surface area contributed by atoms with E-state index in [0.29, 0.717) is 18.0 Å². The standard InChI is InChI=1S/C16H28N2O2/c1-12-2-4-14(5-3-12)17-16(19)13-6-8-18(9-7-13)15-10-20-11-15/h12-15H,2-11H2,1H3,(H,17,19)/t12-,14-. The van der Waals surface area contributed by atoms with Crippen molar-refractivity contribution in [2.75, 3.05) is 26.3 Å². The van der Waals surface area contributed by atoms with Crippen LogP contribution in [-0.2, 0) is 9.53 Å². The van der Waals surface area contributed by atoms with E-state index >= 15 is 0 Å². The molecule has 114 valence electrons. The number of ether oxygens (including phenoxy) is 1. The molecule has 2 aliphatic heterocycles. The van der Waals surface area contributed by atoms with Gasteiger partial charge in [0, 0.05) is 12.0 Å². The summed E-state index contributed by atoms with van der Waals surface area (Å²) in [7, 11) is 0. The van der Waals surface area contributed by atoms with Crippen molar-refractivity contribution in [1.82, 2.24) is 10.2 Å². The van der Waals surface area contributed by atoms with Gasteiger partial charge in [-0.05, 0) is 57.5 Å². The first-order valence-corrected chi connectivity index (χ1v) is 8.34. The number of likely N-dealkylation sites (tertiary alicyclic amines) is 1. The largest absolute Gasteiger partial charge is 0.378 e. The third kappa shape index (κ3) is 3.34. The molecule has 3 fully saturated rings. The summed E-state index contributed by atoms with van der Waals surface area (Å²) in [4.78, 5) is 14.8. The summed E-state index contributed by atoms with van der Waals surface area (Å²) in [5, 5.41) is 3.30. The molecule has 1 N–H and O–H groups in total. The zero-order valence-corrected chi connectivity index (χ0v) is 12.6. The van der Waals surface area contributed by atoms with Gasteiger partial charge in [-0.1, -0.05) is 6.92 Å². The molecule has 0 aromatic rings. The molecule has 0 atom stereocenters. The third-order valence-corrected chi connectivity index (χ3v) is 5.40. The number of piperidine rings is 1. The molecular weight excluding hydrogens is 252 g/mol. The maximum absolute atomic E-state index is 12.4. The summed E-state index contributed by atoms with van der Waals surface area (Å²) >= 11 is 0. The first kappa shape index (κ1) is 14.3. The molecular formula is C16H28N2O2. The number of nitrogens with zero attached hydrogens (tertiary/aromatic N) is 1. The van der Waals surface area contributed by atoms with E-state index in [1.165, 1.54) is 25.7 Å². The third-order valence-electron chi connectivity index (χ3n) is 5.40. The number of rotatable bonds is 3. The summed E-state index contributed by atoms with van der Waals surface area (Å²) in [6, 6.07) is 1.07. The van der Waals surface area contributed by atoms with E-state index in [1.54, 1.807) is 0 Å². The van der Waals surface area contributed by atoms with Gasteiger partial charge in [-0.15, -0.1) is 0 Å². The Kier molecular flexibility index (Phi) is 4.61. The van der Waals surface area contributed by atoms with E-state index in [0.717, 1.165) is 45.1 Å². The lowest BCUT2D eigenvalue weighted by Crippen LogP contribution is -2.53. The van der Waals surface area contributed by atoms with Gasteiger partial charge in [-0.3, -0.25) is 9.69 Å². The number of carbonyl (C=O) groups is 1. The average molecular weight is 280 g/mol. The Morgan fingerprint density at radius 3 is 2.25 bits per heavy atom. The van der Waals surface area contributed by atoms with E-state index in [4.69, 9.17) is 4.74 Å². The predicted octanol–water partition coefficient (Wildman–Crippen LogP) is 1.79. The number of nitrogens with one attached hydrogen (secondary N) is 1. The molecule has 0 bridgehead atoms. The minimum atomic E-state index is 0.242. The molecule has 1 saturated carbocycles. The predicted molar refractivity (Wildman–Crippen MR) is 78.5 cm³/mol. The first-order valence-electron chi connectivity index (χ1n) is 8.34. The summed E-state index contributed by atoms with van der Waals surface area (Å²) in [6.07, 6.45) is 6.92. The number of hydrogen-bond donors (Lipinski definition) is 1. The Balaban J connectivity index is 1.40. The van der Waals surface area contributed by atoms with E-state index in [1.807, 2.05) is 0 Å². The van der Waals surface area contributed by atoms with Crippen LogP contribution in [-0.4, -0.2) is 49.2 Å². The molecule has 2 heterocycles. The lowest BCUT2D eigenvalue weighted by Gasteiger charge is -2.41. The Hall–Kier alpha value is -0.610. The van der Waals surface area contributed by atoms with Crippen molar-refractivity contribution in [3.8, 4) is 0 Å². The van der Waals surface area contributed by atoms with Crippen molar-refractivity contribution in [1.29, 1.82) is 0 Å². The maximum atomic E-state index is 12.4. The zero-order valence-electron chi connectivity index (χ0n) is 12.6. The Labute approximate surface area is 122 Å². The van der Waals surface area contributed by atoms with Crippen molar-refractivity contribution >= 4 is 5.91 Å². The molecule has 0 aromatic carbocycles. The lowest BCUT2D eigenvalue weighted by atomic mass is 9.86. The number of carbonyl (C=O) groups excluding carboxylic acids is 1. The molecule has 0 unspecified atom stereocenters. The molecule has 3 rings (SSSR count). The zero-order chi connectivity index (χ0) is 13.9. The first-order chi connectivity index (χ1) is 9.72. The van der Waals surface area contributed by atoms with Crippen LogP contribution in [0, 0.1) is 11.8 Å². The summed E-state index contributed by atoms with van der Waals surface area (Å²) in [5.74, 6) is 1.40. The minimum absolute atomic E-state index is 0.242. The molecule has 2 saturated heterocycles. The fourth-order valence-corrected chi connectivity index (χ4v) is 3.68. The second-order valence-electron chi connectivity index (χ2n) is 6.97. The lowest BCUT2D eigenvalue weighted by molar-refractivity contribution is -0.129. The molecule has 0 aromatic heterocycles. The van der Waals surface area contributed by atoms with Gasteiger partial charge in [0.25, 0.3) is 0 Å². The van der Waals surface area contributed by atoms with Gasteiger partial charge in [0.05, 0.1) is 19.3 Å². The van der Waals surface area contributed by atoms with Crippen LogP contribution in [0.2, 0.25) is 0 Å². The van der Waals surface area contributed by atoms with Gasteiger partial charge in [0.15, 0.2) is 0 Å². The summed E-state index contributed by atoms with van der Waals surface area (Å²) in [5.41, 5.74) is 0. The van der Waals surface area contributed by atoms with E-state index < -0.39 is 0 Å². The molecule has 3 aliphatic rings. The molecule has 20 heavy (non-hydrogen) atoms. The quantitative estimate of drug-likeness (QED) is 0.857. The van der Waals surface area contributed by atoms with Crippen LogP contribution >= 0.6 is 0 Å². The topological polar surface area (TPSA) is 41.6 Å². The van der Waals surface area contributed by atoms with Crippen LogP contribution in [0.3, 0.4) is 0 Å². The van der Waals surface area contributed by atoms with Gasteiger partial charge >= 0.3 is 0 Å². The monoisotopic (exact) mass is 280 g/mol. The SMILES string of the molecule is C[C@H]1CC[C@H](NC(=O)C2CCN(C3COC3)CC2)CC1. The number of hydrogen-bond acceptors (Lipinski definition) is 3. The van der Waals surface area contributed by atoms with E-state index in [2.05, 4.69) is 17.1 Å². The molecule has 4 nitrogen and oxygen atoms in total. The Bertz CT molecular complexity index is 327. The van der Waals surface area contributed by atoms with Crippen molar-refractivity contribution in [3.63, 3.8) is 0 Å². The minimum Gasteiger partial charge on any atom is -0.378 e. The van der Waals surface area contributed by atoms with E-state index in [9.17, 15) is 4.79 Å². The van der Waals surface area contributed by atoms with Crippen LogP contribution in [0.25, 0.3) is 0 Å². The highest BCUT2D eigenvalue weighted by molar-refractivity contribution is 5.79. The smallest absolute Gasteiger partial charge is 0.223 e. The van der Waals surface area contributed by atoms with Crippen LogP contribution in [0.4, 0.5) is 0 Å². The second kappa shape index (κ2) is 6.44. The van der Waals surface area contributed by atoms with Crippen LogP contribution in [0.5, 0.6) is 0 Å². The average Bonchev–Trinajstić information content (AvgIpc) is 2.40. The highest BCUT2D eigenvalue weighted by atomic mass is 16.5. The normalized spacial score (nSPS) is 33.6. The van der Waals surface area contributed by atoms with Crippen molar-refractivity contribution in [2.24, 2.45) is 11.8 Å². The fourth-order valence-electron chi connectivity index (χ4n) is 3.68. The molecule has 0 spiro atoms. The molecule has 1 amide bonds. The summed E-state index contributed by atoms with van der Waals surface area (Å²) < 4.78 is 5.25. The maximum Gasteiger partial charge on any atom is 0.223 e. The van der Waals surface area contributed by atoms with Crippen molar-refractivity contribution in [2.45, 2.75) is 57.5 Å². The van der Waals surface area contributed by atoms with Gasteiger partial charge < -0.3 is 10.1 Å². The number of amides is 1. The highest BCUT2D eigenvalue weighted by Gasteiger charge is 2.32. The van der Waals surface area contributed by atoms with Crippen LogP contribution in [0.1, 0.15) is 45.4 Å². The second-order valence-corrected chi connectivity index (χ2v) is 6.97. The van der Waals surface area contributed by atoms with Gasteiger partial charge in [0.1, 0.15) is 0 Å². The van der Waals surface area contributed by atoms with Crippen LogP contribution < -0.4 is 5.32 Å². The van der Waals surface area contributed by atoms with Gasteiger partial charge in [-0.2, -0.15) is 0 Å². The molecule has 4 heteroatoms. The van der Waals surface area contributed by atoms with Crippen molar-refractivity contribution < 1.29 is 9.53 Å². The highest BCUT2D eigenvalue weighted by Crippen LogP contribution is 2.25. The van der Waals surface area contributed by atoms with Crippen molar-refractivity contribution in [3.05, 3.63) is 0 Å². The Morgan fingerprint density at radius 2 is 1.70 bits per heavy atom. The van der Waals surface area contributed by atoms with Gasteiger partial charge in [0.2, 0.25) is 5.91 Å². The summed E-state index contributed by atoms with van der Waals surface area (Å²) in [6.45, 7) is 6.22. The Morgan fingerprint density at radius 1 is 1.05 bits per heavy atom.